The van der Waals surface area contributed by atoms with Crippen LogP contribution in [-0.4, -0.2) is 61.5 Å². The fourth-order valence-electron chi connectivity index (χ4n) is 3.64. The summed E-state index contributed by atoms with van der Waals surface area (Å²) in [5.74, 6) is -3.04. The molecule has 0 aliphatic carbocycles. The van der Waals surface area contributed by atoms with E-state index >= 15 is 0 Å². The first kappa shape index (κ1) is 35.5. The van der Waals surface area contributed by atoms with Gasteiger partial charge in [0.25, 0.3) is 0 Å². The Morgan fingerprint density at radius 3 is 1.90 bits per heavy atom. The topological polar surface area (TPSA) is 170 Å². The molecule has 5 atom stereocenters. The van der Waals surface area contributed by atoms with Gasteiger partial charge in [-0.15, -0.1) is 0 Å². The number of hydrogen-bond acceptors (Lipinski definition) is 11. The lowest BCUT2D eigenvalue weighted by Gasteiger charge is -2.31. The molecule has 12 nitrogen and oxygen atoms in total. The number of aliphatic carboxylic acids is 1. The van der Waals surface area contributed by atoms with Crippen LogP contribution in [0.3, 0.4) is 0 Å². The molecule has 1 rings (SSSR count). The highest BCUT2D eigenvalue weighted by molar-refractivity contribution is 5.75. The standard InChI is InChI=1S/C29H45NO11/c1-7-10-14-36-27(33)40-22-13-12-21(16-23(22)41-28(34)37-15-11-8-2)24(25(30)26(31)32)19(5)20(6)39-29(35)38-17-18(4)9-3/h12-13,16,18-20,24-25H,7-11,14-15,17,30H2,1-6H3,(H,31,32)/t18?,19?,20?,24?,25-/m0/s1. The second kappa shape index (κ2) is 18.7. The summed E-state index contributed by atoms with van der Waals surface area (Å²) in [6, 6.07) is 2.74. The van der Waals surface area contributed by atoms with E-state index < -0.39 is 48.4 Å². The van der Waals surface area contributed by atoms with Crippen molar-refractivity contribution >= 4 is 24.4 Å². The number of carbonyl (C=O) groups excluding carboxylic acids is 3. The van der Waals surface area contributed by atoms with Gasteiger partial charge in [0.05, 0.1) is 19.8 Å². The molecular weight excluding hydrogens is 538 g/mol. The molecule has 4 unspecified atom stereocenters. The predicted octanol–water partition coefficient (Wildman–Crippen LogP) is 6.04. The summed E-state index contributed by atoms with van der Waals surface area (Å²) in [4.78, 5) is 48.8. The second-order valence-electron chi connectivity index (χ2n) is 9.96. The summed E-state index contributed by atoms with van der Waals surface area (Å²) < 4.78 is 31.2. The molecule has 0 fully saturated rings. The van der Waals surface area contributed by atoms with Crippen LogP contribution in [0.15, 0.2) is 18.2 Å². The molecule has 3 N–H and O–H groups in total. The molecular formula is C29H45NO11. The quantitative estimate of drug-likeness (QED) is 0.0945. The Kier molecular flexibility index (Phi) is 16.2. The Labute approximate surface area is 241 Å². The number of unbranched alkanes of at least 4 members (excludes halogenated alkanes) is 2. The van der Waals surface area contributed by atoms with Crippen molar-refractivity contribution in [1.29, 1.82) is 0 Å². The molecule has 0 radical (unpaired) electrons. The van der Waals surface area contributed by atoms with Gasteiger partial charge >= 0.3 is 24.4 Å². The molecule has 0 aliphatic rings. The maximum atomic E-state index is 12.3. The molecule has 0 bridgehead atoms. The number of hydrogen-bond donors (Lipinski definition) is 2. The van der Waals surface area contributed by atoms with Gasteiger partial charge in [-0.25, -0.2) is 14.4 Å². The SMILES string of the molecule is CCCCOC(=O)Oc1ccc(C(C(C)C(C)OC(=O)OCC(C)CC)[C@H](N)C(=O)O)cc1OC(=O)OCCCC. The number of ether oxygens (including phenoxy) is 6. The van der Waals surface area contributed by atoms with Crippen molar-refractivity contribution in [2.24, 2.45) is 17.6 Å². The first-order valence-corrected chi connectivity index (χ1v) is 14.1. The van der Waals surface area contributed by atoms with Crippen molar-refractivity contribution in [3.05, 3.63) is 23.8 Å². The smallest absolute Gasteiger partial charge is 0.480 e. The highest BCUT2D eigenvalue weighted by Crippen LogP contribution is 2.37. The molecule has 12 heteroatoms. The zero-order valence-electron chi connectivity index (χ0n) is 24.9. The van der Waals surface area contributed by atoms with Crippen LogP contribution < -0.4 is 15.2 Å². The van der Waals surface area contributed by atoms with Gasteiger partial charge in [0.2, 0.25) is 0 Å². The Morgan fingerprint density at radius 1 is 0.829 bits per heavy atom. The lowest BCUT2D eigenvalue weighted by Crippen LogP contribution is -2.42. The normalized spacial score (nSPS) is 14.5. The summed E-state index contributed by atoms with van der Waals surface area (Å²) >= 11 is 0. The average Bonchev–Trinajstić information content (AvgIpc) is 2.93. The molecule has 1 aromatic carbocycles. The molecule has 1 aromatic rings. The second-order valence-corrected chi connectivity index (χ2v) is 9.96. The van der Waals surface area contributed by atoms with Gasteiger partial charge < -0.3 is 39.3 Å². The van der Waals surface area contributed by atoms with E-state index in [-0.39, 0.29) is 37.2 Å². The third kappa shape index (κ3) is 12.7. The van der Waals surface area contributed by atoms with Gasteiger partial charge in [0.1, 0.15) is 12.1 Å². The molecule has 0 amide bonds. The number of carboxylic acids is 1. The third-order valence-electron chi connectivity index (χ3n) is 6.62. The fourth-order valence-corrected chi connectivity index (χ4v) is 3.64. The van der Waals surface area contributed by atoms with Crippen LogP contribution in [0.2, 0.25) is 0 Å². The monoisotopic (exact) mass is 583 g/mol. The molecule has 0 aliphatic heterocycles. The molecule has 0 spiro atoms. The highest BCUT2D eigenvalue weighted by Gasteiger charge is 2.36. The largest absolute Gasteiger partial charge is 0.513 e. The number of carbonyl (C=O) groups is 4. The van der Waals surface area contributed by atoms with Crippen LogP contribution in [0, 0.1) is 11.8 Å². The van der Waals surface area contributed by atoms with Crippen LogP contribution in [0.4, 0.5) is 14.4 Å². The lowest BCUT2D eigenvalue weighted by atomic mass is 9.79. The van der Waals surface area contributed by atoms with Crippen LogP contribution in [0.5, 0.6) is 11.5 Å². The van der Waals surface area contributed by atoms with Crippen LogP contribution in [0.1, 0.15) is 85.1 Å². The van der Waals surface area contributed by atoms with Crippen molar-refractivity contribution in [3.8, 4) is 11.5 Å². The van der Waals surface area contributed by atoms with Gasteiger partial charge in [-0.2, -0.15) is 0 Å². The first-order chi connectivity index (χ1) is 19.4. The maximum absolute atomic E-state index is 12.3. The van der Waals surface area contributed by atoms with Crippen LogP contribution in [0.25, 0.3) is 0 Å². The summed E-state index contributed by atoms with van der Waals surface area (Å²) in [7, 11) is 0. The van der Waals surface area contributed by atoms with Crippen molar-refractivity contribution in [1.82, 2.24) is 0 Å². The predicted molar refractivity (Wildman–Crippen MR) is 149 cm³/mol. The first-order valence-electron chi connectivity index (χ1n) is 14.1. The highest BCUT2D eigenvalue weighted by atomic mass is 16.7. The van der Waals surface area contributed by atoms with Gasteiger partial charge in [-0.05, 0) is 43.4 Å². The molecule has 0 saturated heterocycles. The van der Waals surface area contributed by atoms with E-state index in [1.54, 1.807) is 13.8 Å². The van der Waals surface area contributed by atoms with E-state index in [0.717, 1.165) is 19.3 Å². The fraction of sp³-hybridized carbons (Fsp3) is 0.655. The van der Waals surface area contributed by atoms with E-state index in [0.29, 0.717) is 18.4 Å². The Balaban J connectivity index is 3.31. The van der Waals surface area contributed by atoms with Gasteiger partial charge in [-0.1, -0.05) is 59.9 Å². The molecule has 41 heavy (non-hydrogen) atoms. The van der Waals surface area contributed by atoms with Crippen molar-refractivity contribution in [2.75, 3.05) is 19.8 Å². The number of benzene rings is 1. The van der Waals surface area contributed by atoms with E-state index in [1.165, 1.54) is 18.2 Å². The molecule has 0 heterocycles. The Bertz CT molecular complexity index is 984. The summed E-state index contributed by atoms with van der Waals surface area (Å²) in [5, 5.41) is 9.76. The zero-order chi connectivity index (χ0) is 30.9. The van der Waals surface area contributed by atoms with Crippen molar-refractivity contribution in [3.63, 3.8) is 0 Å². The minimum atomic E-state index is -1.43. The minimum Gasteiger partial charge on any atom is -0.480 e. The zero-order valence-corrected chi connectivity index (χ0v) is 24.9. The summed E-state index contributed by atoms with van der Waals surface area (Å²) in [6.45, 7) is 11.5. The summed E-state index contributed by atoms with van der Waals surface area (Å²) in [5.41, 5.74) is 6.42. The molecule has 0 saturated carbocycles. The molecule has 0 aromatic heterocycles. The minimum absolute atomic E-state index is 0.121. The lowest BCUT2D eigenvalue weighted by molar-refractivity contribution is -0.139. The number of carboxylic acid groups (broad SMARTS) is 1. The number of rotatable bonds is 17. The van der Waals surface area contributed by atoms with Crippen molar-refractivity contribution in [2.45, 2.75) is 91.7 Å². The van der Waals surface area contributed by atoms with Gasteiger partial charge in [0, 0.05) is 11.8 Å². The van der Waals surface area contributed by atoms with Crippen LogP contribution in [-0.2, 0) is 23.7 Å². The third-order valence-corrected chi connectivity index (χ3v) is 6.62. The van der Waals surface area contributed by atoms with E-state index in [2.05, 4.69) is 0 Å². The van der Waals surface area contributed by atoms with Crippen LogP contribution >= 0.6 is 0 Å². The molecule has 232 valence electrons. The summed E-state index contributed by atoms with van der Waals surface area (Å²) in [6.07, 6.45) is -0.0413. The van der Waals surface area contributed by atoms with E-state index in [9.17, 15) is 24.3 Å². The van der Waals surface area contributed by atoms with E-state index in [4.69, 9.17) is 34.2 Å². The Hall–Kier alpha value is -3.54. The van der Waals surface area contributed by atoms with E-state index in [1.807, 2.05) is 27.7 Å². The Morgan fingerprint density at radius 2 is 1.39 bits per heavy atom. The maximum Gasteiger partial charge on any atom is 0.513 e. The average molecular weight is 584 g/mol. The number of nitrogens with two attached hydrogens (primary N) is 1. The van der Waals surface area contributed by atoms with Crippen molar-refractivity contribution < 1.29 is 52.7 Å². The van der Waals surface area contributed by atoms with Gasteiger partial charge in [-0.3, -0.25) is 4.79 Å². The van der Waals surface area contributed by atoms with Gasteiger partial charge in [0.15, 0.2) is 11.5 Å².